The van der Waals surface area contributed by atoms with Crippen LogP contribution in [0.1, 0.15) is 21.5 Å². The smallest absolute Gasteiger partial charge is 0.200 e. The number of para-hydroxylation sites is 1. The van der Waals surface area contributed by atoms with Gasteiger partial charge >= 0.3 is 0 Å². The van der Waals surface area contributed by atoms with Crippen molar-refractivity contribution in [3.63, 3.8) is 0 Å². The van der Waals surface area contributed by atoms with Gasteiger partial charge in [-0.15, -0.1) is 0 Å². The summed E-state index contributed by atoms with van der Waals surface area (Å²) in [5.41, 5.74) is 2.93. The van der Waals surface area contributed by atoms with E-state index < -0.39 is 0 Å². The first kappa shape index (κ1) is 11.2. The fourth-order valence-corrected chi connectivity index (χ4v) is 2.55. The maximum Gasteiger partial charge on any atom is 0.200 e. The van der Waals surface area contributed by atoms with Crippen LogP contribution in [-0.4, -0.2) is 27.0 Å². The lowest BCUT2D eigenvalue weighted by Crippen LogP contribution is -2.03. The van der Waals surface area contributed by atoms with Gasteiger partial charge in [-0.2, -0.15) is 5.10 Å². The van der Waals surface area contributed by atoms with Gasteiger partial charge in [0.25, 0.3) is 0 Å². The number of benzene rings is 1. The zero-order valence-corrected chi connectivity index (χ0v) is 10.6. The summed E-state index contributed by atoms with van der Waals surface area (Å²) in [6.45, 7) is 0.635. The molecule has 5 nitrogen and oxygen atoms in total. The van der Waals surface area contributed by atoms with Crippen molar-refractivity contribution in [2.75, 3.05) is 6.61 Å². The van der Waals surface area contributed by atoms with Gasteiger partial charge < -0.3 is 4.74 Å². The third-order valence-electron chi connectivity index (χ3n) is 3.53. The summed E-state index contributed by atoms with van der Waals surface area (Å²) in [5.74, 6) is 0.632. The molecule has 1 aliphatic rings. The first-order valence-corrected chi connectivity index (χ1v) is 6.41. The monoisotopic (exact) mass is 265 g/mol. The molecule has 0 N–H and O–H groups in total. The zero-order chi connectivity index (χ0) is 13.5. The Balaban J connectivity index is 1.87. The van der Waals surface area contributed by atoms with Crippen molar-refractivity contribution >= 4 is 11.3 Å². The zero-order valence-electron chi connectivity index (χ0n) is 10.6. The highest BCUT2D eigenvalue weighted by Crippen LogP contribution is 2.31. The summed E-state index contributed by atoms with van der Waals surface area (Å²) < 4.78 is 7.24. The SMILES string of the molecule is O=C(c1cccc2c1OCC2)c1cnn2ccncc12. The second-order valence-electron chi connectivity index (χ2n) is 4.69. The largest absolute Gasteiger partial charge is 0.492 e. The van der Waals surface area contributed by atoms with Crippen molar-refractivity contribution in [1.82, 2.24) is 14.6 Å². The van der Waals surface area contributed by atoms with Crippen LogP contribution in [0.5, 0.6) is 5.75 Å². The number of carbonyl (C=O) groups excluding carboxylic acids is 1. The van der Waals surface area contributed by atoms with Gasteiger partial charge in [-0.1, -0.05) is 12.1 Å². The molecule has 3 aromatic rings. The van der Waals surface area contributed by atoms with Gasteiger partial charge in [0.1, 0.15) is 5.75 Å². The van der Waals surface area contributed by atoms with Crippen LogP contribution < -0.4 is 4.74 Å². The van der Waals surface area contributed by atoms with E-state index in [9.17, 15) is 4.79 Å². The molecule has 0 atom stereocenters. The summed E-state index contributed by atoms with van der Waals surface area (Å²) in [7, 11) is 0. The number of ether oxygens (including phenoxy) is 1. The predicted octanol–water partition coefficient (Wildman–Crippen LogP) is 1.90. The van der Waals surface area contributed by atoms with E-state index >= 15 is 0 Å². The number of rotatable bonds is 2. The highest BCUT2D eigenvalue weighted by Gasteiger charge is 2.23. The minimum atomic E-state index is -0.0771. The fourth-order valence-electron chi connectivity index (χ4n) is 2.55. The van der Waals surface area contributed by atoms with E-state index in [-0.39, 0.29) is 5.78 Å². The summed E-state index contributed by atoms with van der Waals surface area (Å²) in [5, 5.41) is 4.17. The molecule has 5 heteroatoms. The standard InChI is InChI=1S/C15H11N3O2/c19-14(11-3-1-2-10-4-7-20-15(10)11)12-8-17-18-6-5-16-9-13(12)18/h1-3,5-6,8-9H,4,7H2. The molecule has 20 heavy (non-hydrogen) atoms. The van der Waals surface area contributed by atoms with Crippen LogP contribution in [0.2, 0.25) is 0 Å². The predicted molar refractivity (Wildman–Crippen MR) is 72.1 cm³/mol. The molecule has 0 amide bonds. The fraction of sp³-hybridized carbons (Fsp3) is 0.133. The van der Waals surface area contributed by atoms with Gasteiger partial charge in [-0.3, -0.25) is 9.78 Å². The first-order valence-electron chi connectivity index (χ1n) is 6.41. The number of hydrogen-bond donors (Lipinski definition) is 0. The average molecular weight is 265 g/mol. The molecule has 1 aliphatic heterocycles. The topological polar surface area (TPSA) is 56.5 Å². The van der Waals surface area contributed by atoms with E-state index in [1.165, 1.54) is 0 Å². The Morgan fingerprint density at radius 2 is 2.20 bits per heavy atom. The van der Waals surface area contributed by atoms with Crippen LogP contribution in [-0.2, 0) is 6.42 Å². The molecule has 0 bridgehead atoms. The Morgan fingerprint density at radius 3 is 3.15 bits per heavy atom. The second-order valence-corrected chi connectivity index (χ2v) is 4.69. The van der Waals surface area contributed by atoms with E-state index in [1.807, 2.05) is 12.1 Å². The lowest BCUT2D eigenvalue weighted by Gasteiger charge is -2.06. The van der Waals surface area contributed by atoms with Crippen molar-refractivity contribution in [2.24, 2.45) is 0 Å². The maximum atomic E-state index is 12.7. The van der Waals surface area contributed by atoms with Crippen LogP contribution in [0, 0.1) is 0 Å². The highest BCUT2D eigenvalue weighted by atomic mass is 16.5. The lowest BCUT2D eigenvalue weighted by molar-refractivity contribution is 0.103. The third-order valence-corrected chi connectivity index (χ3v) is 3.53. The molecule has 2 aromatic heterocycles. The molecule has 0 aliphatic carbocycles. The molecule has 0 saturated heterocycles. The van der Waals surface area contributed by atoms with Crippen LogP contribution >= 0.6 is 0 Å². The van der Waals surface area contributed by atoms with Crippen LogP contribution in [0.3, 0.4) is 0 Å². The second kappa shape index (κ2) is 4.16. The first-order chi connectivity index (χ1) is 9.84. The molecular formula is C15H11N3O2. The van der Waals surface area contributed by atoms with E-state index in [0.29, 0.717) is 29.0 Å². The number of ketones is 1. The number of fused-ring (bicyclic) bond motifs is 2. The number of hydrogen-bond acceptors (Lipinski definition) is 4. The van der Waals surface area contributed by atoms with Crippen molar-refractivity contribution in [1.29, 1.82) is 0 Å². The maximum absolute atomic E-state index is 12.7. The number of aromatic nitrogens is 3. The quantitative estimate of drug-likeness (QED) is 0.664. The summed E-state index contributed by atoms with van der Waals surface area (Å²) in [4.78, 5) is 16.8. The van der Waals surface area contributed by atoms with Gasteiger partial charge in [0.05, 0.1) is 35.6 Å². The average Bonchev–Trinajstić information content (AvgIpc) is 3.12. The van der Waals surface area contributed by atoms with E-state index in [0.717, 1.165) is 12.0 Å². The Morgan fingerprint density at radius 1 is 1.25 bits per heavy atom. The van der Waals surface area contributed by atoms with E-state index in [4.69, 9.17) is 4.74 Å². The van der Waals surface area contributed by atoms with E-state index in [1.54, 1.807) is 35.4 Å². The lowest BCUT2D eigenvalue weighted by atomic mass is 10.0. The molecule has 0 spiro atoms. The minimum Gasteiger partial charge on any atom is -0.492 e. The van der Waals surface area contributed by atoms with E-state index in [2.05, 4.69) is 10.1 Å². The van der Waals surface area contributed by atoms with Crippen LogP contribution in [0.15, 0.2) is 43.0 Å². The Bertz CT molecular complexity index is 823. The molecule has 0 saturated carbocycles. The number of carbonyl (C=O) groups is 1. The summed E-state index contributed by atoms with van der Waals surface area (Å²) in [6.07, 6.45) is 7.43. The van der Waals surface area contributed by atoms with Gasteiger partial charge in [0.2, 0.25) is 5.78 Å². The van der Waals surface area contributed by atoms with Gasteiger partial charge in [0, 0.05) is 18.8 Å². The van der Waals surface area contributed by atoms with Crippen LogP contribution in [0.4, 0.5) is 0 Å². The van der Waals surface area contributed by atoms with Gasteiger partial charge in [-0.25, -0.2) is 4.52 Å². The molecule has 98 valence electrons. The van der Waals surface area contributed by atoms with Crippen molar-refractivity contribution in [3.8, 4) is 5.75 Å². The van der Waals surface area contributed by atoms with Gasteiger partial charge in [0.15, 0.2) is 0 Å². The molecule has 1 aromatic carbocycles. The normalized spacial score (nSPS) is 13.2. The van der Waals surface area contributed by atoms with Crippen molar-refractivity contribution in [3.05, 3.63) is 59.7 Å². The third kappa shape index (κ3) is 1.53. The molecular weight excluding hydrogens is 254 g/mol. The highest BCUT2D eigenvalue weighted by molar-refractivity contribution is 6.14. The Labute approximate surface area is 114 Å². The Hall–Kier alpha value is -2.69. The molecule has 0 unspecified atom stereocenters. The summed E-state index contributed by atoms with van der Waals surface area (Å²) in [6, 6.07) is 5.69. The molecule has 0 fully saturated rings. The van der Waals surface area contributed by atoms with Crippen LogP contribution in [0.25, 0.3) is 5.52 Å². The van der Waals surface area contributed by atoms with Crippen molar-refractivity contribution < 1.29 is 9.53 Å². The number of nitrogens with zero attached hydrogens (tertiary/aromatic N) is 3. The molecule has 4 rings (SSSR count). The van der Waals surface area contributed by atoms with Crippen molar-refractivity contribution in [2.45, 2.75) is 6.42 Å². The Kier molecular flexibility index (Phi) is 2.32. The molecule has 3 heterocycles. The van der Waals surface area contributed by atoms with Gasteiger partial charge in [-0.05, 0) is 11.6 Å². The minimum absolute atomic E-state index is 0.0771. The molecule has 0 radical (unpaired) electrons. The summed E-state index contributed by atoms with van der Waals surface area (Å²) >= 11 is 0.